The zero-order valence-electron chi connectivity index (χ0n) is 16.2. The van der Waals surface area contributed by atoms with Crippen LogP contribution in [0.2, 0.25) is 0 Å². The highest BCUT2D eigenvalue weighted by molar-refractivity contribution is 7.18. The molecule has 0 aromatic carbocycles. The van der Waals surface area contributed by atoms with Crippen LogP contribution in [0, 0.1) is 0 Å². The number of likely N-dealkylation sites (N-methyl/N-ethyl adjacent to an activating group) is 1. The van der Waals surface area contributed by atoms with Crippen LogP contribution < -0.4 is 5.56 Å². The molecule has 0 spiro atoms. The van der Waals surface area contributed by atoms with Gasteiger partial charge in [0.2, 0.25) is 5.91 Å². The Morgan fingerprint density at radius 2 is 1.88 bits per heavy atom. The Hall–Kier alpha value is -1.73. The van der Waals surface area contributed by atoms with Crippen LogP contribution in [-0.4, -0.2) is 52.4 Å². The van der Waals surface area contributed by atoms with Gasteiger partial charge in [0.25, 0.3) is 5.56 Å². The molecule has 2 aromatic heterocycles. The molecular formula is C19H28N4O2S. The molecule has 0 saturated carbocycles. The quantitative estimate of drug-likeness (QED) is 0.776. The summed E-state index contributed by atoms with van der Waals surface area (Å²) in [6.07, 6.45) is 4.29. The number of hydrogen-bond acceptors (Lipinski definition) is 5. The molecule has 2 aromatic rings. The first-order valence-electron chi connectivity index (χ1n) is 9.42. The van der Waals surface area contributed by atoms with Gasteiger partial charge in [-0.2, -0.15) is 0 Å². The molecule has 142 valence electrons. The maximum atomic E-state index is 13.3. The highest BCUT2D eigenvalue weighted by Gasteiger charge is 2.23. The number of fused-ring (bicyclic) bond motifs is 3. The predicted octanol–water partition coefficient (Wildman–Crippen LogP) is 2.27. The molecule has 1 amide bonds. The summed E-state index contributed by atoms with van der Waals surface area (Å²) >= 11 is 1.66. The standard InChI is InChI=1S/C19H28N4O2S/c1-5-22(6-2)16(24)12-23-15(11-21(3)4)20-18-17(19(23)25)13-9-7-8-10-14(13)26-18/h5-12H2,1-4H3. The van der Waals surface area contributed by atoms with Gasteiger partial charge in [-0.05, 0) is 59.2 Å². The van der Waals surface area contributed by atoms with E-state index < -0.39 is 0 Å². The monoisotopic (exact) mass is 376 g/mol. The summed E-state index contributed by atoms with van der Waals surface area (Å²) < 4.78 is 1.60. The third-order valence-corrected chi connectivity index (χ3v) is 6.21. The second-order valence-corrected chi connectivity index (χ2v) is 8.20. The molecule has 0 saturated heterocycles. The van der Waals surface area contributed by atoms with Crippen molar-refractivity contribution in [1.29, 1.82) is 0 Å². The molecule has 0 fully saturated rings. The number of carbonyl (C=O) groups is 1. The summed E-state index contributed by atoms with van der Waals surface area (Å²) in [4.78, 5) is 36.7. The van der Waals surface area contributed by atoms with E-state index in [-0.39, 0.29) is 18.0 Å². The van der Waals surface area contributed by atoms with E-state index in [2.05, 4.69) is 0 Å². The second kappa shape index (κ2) is 7.88. The van der Waals surface area contributed by atoms with Crippen molar-refractivity contribution in [3.63, 3.8) is 0 Å². The van der Waals surface area contributed by atoms with Gasteiger partial charge in [0.05, 0.1) is 11.9 Å². The lowest BCUT2D eigenvalue weighted by Gasteiger charge is -2.21. The number of rotatable bonds is 6. The van der Waals surface area contributed by atoms with E-state index in [0.717, 1.165) is 29.5 Å². The maximum absolute atomic E-state index is 13.3. The molecule has 0 aliphatic heterocycles. The van der Waals surface area contributed by atoms with Crippen molar-refractivity contribution < 1.29 is 4.79 Å². The number of hydrogen-bond donors (Lipinski definition) is 0. The molecule has 1 aliphatic rings. The van der Waals surface area contributed by atoms with Crippen LogP contribution in [0.4, 0.5) is 0 Å². The van der Waals surface area contributed by atoms with Crippen LogP contribution >= 0.6 is 11.3 Å². The largest absolute Gasteiger partial charge is 0.342 e. The van der Waals surface area contributed by atoms with Crippen molar-refractivity contribution in [1.82, 2.24) is 19.4 Å². The second-order valence-electron chi connectivity index (χ2n) is 7.11. The number of aromatic nitrogens is 2. The lowest BCUT2D eigenvalue weighted by atomic mass is 9.97. The lowest BCUT2D eigenvalue weighted by molar-refractivity contribution is -0.131. The normalized spacial score (nSPS) is 14.0. The van der Waals surface area contributed by atoms with Gasteiger partial charge in [0.15, 0.2) is 0 Å². The molecule has 6 nitrogen and oxygen atoms in total. The SMILES string of the molecule is CCN(CC)C(=O)Cn1c(CN(C)C)nc2sc3c(c2c1=O)CCCC3. The van der Waals surface area contributed by atoms with E-state index in [4.69, 9.17) is 4.98 Å². The number of carbonyl (C=O) groups excluding carboxylic acids is 1. The van der Waals surface area contributed by atoms with Crippen LogP contribution in [0.25, 0.3) is 10.2 Å². The fourth-order valence-corrected chi connectivity index (χ4v) is 4.93. The van der Waals surface area contributed by atoms with E-state index in [1.165, 1.54) is 16.9 Å². The average molecular weight is 377 g/mol. The molecule has 26 heavy (non-hydrogen) atoms. The third kappa shape index (κ3) is 3.55. The van der Waals surface area contributed by atoms with Crippen molar-refractivity contribution in [2.75, 3.05) is 27.2 Å². The molecule has 0 bridgehead atoms. The van der Waals surface area contributed by atoms with Crippen molar-refractivity contribution in [3.05, 3.63) is 26.6 Å². The molecular weight excluding hydrogens is 348 g/mol. The number of amides is 1. The minimum atomic E-state index is -0.0493. The maximum Gasteiger partial charge on any atom is 0.263 e. The van der Waals surface area contributed by atoms with Gasteiger partial charge < -0.3 is 9.80 Å². The van der Waals surface area contributed by atoms with Crippen LogP contribution in [0.5, 0.6) is 0 Å². The molecule has 1 aliphatic carbocycles. The lowest BCUT2D eigenvalue weighted by Crippen LogP contribution is -2.38. The van der Waals surface area contributed by atoms with Gasteiger partial charge in [0.1, 0.15) is 17.2 Å². The van der Waals surface area contributed by atoms with Crippen LogP contribution in [0.1, 0.15) is 43.0 Å². The Morgan fingerprint density at radius 1 is 1.19 bits per heavy atom. The summed E-state index contributed by atoms with van der Waals surface area (Å²) in [5.41, 5.74) is 1.13. The molecule has 7 heteroatoms. The highest BCUT2D eigenvalue weighted by Crippen LogP contribution is 2.33. The Balaban J connectivity index is 2.13. The molecule has 3 rings (SSSR count). The van der Waals surface area contributed by atoms with E-state index in [1.54, 1.807) is 20.8 Å². The zero-order valence-corrected chi connectivity index (χ0v) is 17.0. The number of thiophene rings is 1. The summed E-state index contributed by atoms with van der Waals surface area (Å²) in [5, 5.41) is 0.750. The van der Waals surface area contributed by atoms with Gasteiger partial charge >= 0.3 is 0 Å². The molecule has 0 N–H and O–H groups in total. The number of aryl methyl sites for hydroxylation is 2. The van der Waals surface area contributed by atoms with E-state index in [9.17, 15) is 9.59 Å². The van der Waals surface area contributed by atoms with E-state index >= 15 is 0 Å². The van der Waals surface area contributed by atoms with Crippen LogP contribution in [0.15, 0.2) is 4.79 Å². The molecule has 0 unspecified atom stereocenters. The van der Waals surface area contributed by atoms with Crippen LogP contribution in [0.3, 0.4) is 0 Å². The topological polar surface area (TPSA) is 58.4 Å². The fraction of sp³-hybridized carbons (Fsp3) is 0.632. The Labute approximate surface area is 158 Å². The summed E-state index contributed by atoms with van der Waals surface area (Å²) in [7, 11) is 3.90. The highest BCUT2D eigenvalue weighted by atomic mass is 32.1. The zero-order chi connectivity index (χ0) is 18.8. The summed E-state index contributed by atoms with van der Waals surface area (Å²) in [6, 6.07) is 0. The van der Waals surface area contributed by atoms with Crippen molar-refractivity contribution >= 4 is 27.5 Å². The number of nitrogens with zero attached hydrogens (tertiary/aromatic N) is 4. The summed E-state index contributed by atoms with van der Waals surface area (Å²) in [5.74, 6) is 0.647. The van der Waals surface area contributed by atoms with E-state index in [1.807, 2.05) is 32.8 Å². The third-order valence-electron chi connectivity index (χ3n) is 5.02. The van der Waals surface area contributed by atoms with Gasteiger partial charge in [0, 0.05) is 18.0 Å². The van der Waals surface area contributed by atoms with Crippen molar-refractivity contribution in [3.8, 4) is 0 Å². The first-order chi connectivity index (χ1) is 12.5. The summed E-state index contributed by atoms with van der Waals surface area (Å²) in [6.45, 7) is 5.83. The fourth-order valence-electron chi connectivity index (χ4n) is 3.66. The molecule has 0 radical (unpaired) electrons. The van der Waals surface area contributed by atoms with Gasteiger partial charge in [-0.25, -0.2) is 4.98 Å². The molecule has 2 heterocycles. The first-order valence-corrected chi connectivity index (χ1v) is 10.2. The Kier molecular flexibility index (Phi) is 5.77. The van der Waals surface area contributed by atoms with Crippen molar-refractivity contribution in [2.45, 2.75) is 52.6 Å². The van der Waals surface area contributed by atoms with Gasteiger partial charge in [-0.3, -0.25) is 14.2 Å². The van der Waals surface area contributed by atoms with E-state index in [0.29, 0.717) is 25.5 Å². The minimum absolute atomic E-state index is 0.0256. The van der Waals surface area contributed by atoms with Gasteiger partial charge in [-0.15, -0.1) is 11.3 Å². The van der Waals surface area contributed by atoms with Crippen LogP contribution in [-0.2, 0) is 30.7 Å². The Morgan fingerprint density at radius 3 is 2.54 bits per heavy atom. The first kappa shape index (κ1) is 19.0. The molecule has 0 atom stereocenters. The van der Waals surface area contributed by atoms with Gasteiger partial charge in [-0.1, -0.05) is 0 Å². The Bertz CT molecular complexity index is 865. The predicted molar refractivity (Wildman–Crippen MR) is 106 cm³/mol. The average Bonchev–Trinajstić information content (AvgIpc) is 2.97. The minimum Gasteiger partial charge on any atom is -0.342 e. The van der Waals surface area contributed by atoms with Crippen molar-refractivity contribution in [2.24, 2.45) is 0 Å². The smallest absolute Gasteiger partial charge is 0.263 e.